The van der Waals surface area contributed by atoms with Gasteiger partial charge in [0.2, 0.25) is 0 Å². The van der Waals surface area contributed by atoms with Crippen molar-refractivity contribution in [3.63, 3.8) is 0 Å². The molecule has 0 radical (unpaired) electrons. The van der Waals surface area contributed by atoms with E-state index in [0.29, 0.717) is 6.04 Å². The van der Waals surface area contributed by atoms with E-state index in [1.54, 1.807) is 0 Å². The third-order valence-corrected chi connectivity index (χ3v) is 3.80. The van der Waals surface area contributed by atoms with E-state index in [9.17, 15) is 5.11 Å². The lowest BCUT2D eigenvalue weighted by Gasteiger charge is -2.07. The van der Waals surface area contributed by atoms with Crippen LogP contribution in [-0.2, 0) is 6.61 Å². The molecule has 3 rings (SSSR count). The number of nitrogen functional groups attached to an aromatic ring is 1. The van der Waals surface area contributed by atoms with Gasteiger partial charge in [-0.3, -0.25) is 0 Å². The fourth-order valence-electron chi connectivity index (χ4n) is 2.88. The minimum Gasteiger partial charge on any atom is -0.399 e. The van der Waals surface area contributed by atoms with Crippen molar-refractivity contribution in [1.82, 2.24) is 9.55 Å². The van der Waals surface area contributed by atoms with Crippen molar-refractivity contribution in [2.45, 2.75) is 38.8 Å². The minimum atomic E-state index is -0.00999. The maximum Gasteiger partial charge on any atom is 0.135 e. The molecule has 1 aromatic carbocycles. The summed E-state index contributed by atoms with van der Waals surface area (Å²) in [4.78, 5) is 4.48. The second kappa shape index (κ2) is 4.28. The van der Waals surface area contributed by atoms with E-state index >= 15 is 0 Å². The summed E-state index contributed by atoms with van der Waals surface area (Å²) in [7, 11) is 0. The van der Waals surface area contributed by atoms with Crippen LogP contribution in [0.3, 0.4) is 0 Å². The molecule has 2 aromatic rings. The van der Waals surface area contributed by atoms with Gasteiger partial charge in [0.15, 0.2) is 0 Å². The normalized spacial score (nSPS) is 22.6. The molecule has 1 saturated carbocycles. The topological polar surface area (TPSA) is 64.1 Å². The lowest BCUT2D eigenvalue weighted by Crippen LogP contribution is -2.03. The zero-order valence-corrected chi connectivity index (χ0v) is 10.6. The summed E-state index contributed by atoms with van der Waals surface area (Å²) < 4.78 is 2.20. The number of hydrogen-bond acceptors (Lipinski definition) is 3. The van der Waals surface area contributed by atoms with Gasteiger partial charge in [-0.15, -0.1) is 0 Å². The lowest BCUT2D eigenvalue weighted by molar-refractivity contribution is 0.265. The standard InChI is InChI=1S/C14H19N3O/c1-2-3-9-6-13(9)17-12-5-4-10(15)7-11(12)16-14(17)8-18/h4-5,7,9,13,18H,2-3,6,8,15H2,1H3. The quantitative estimate of drug-likeness (QED) is 0.813. The highest BCUT2D eigenvalue weighted by molar-refractivity contribution is 5.80. The summed E-state index contributed by atoms with van der Waals surface area (Å²) in [5.74, 6) is 1.51. The SMILES string of the molecule is CCCC1CC1n1c(CO)nc2cc(N)ccc21. The number of nitrogens with zero attached hydrogens (tertiary/aromatic N) is 2. The third-order valence-electron chi connectivity index (χ3n) is 3.80. The Morgan fingerprint density at radius 1 is 1.50 bits per heavy atom. The molecule has 0 spiro atoms. The molecule has 1 aromatic heterocycles. The number of nitrogens with two attached hydrogens (primary N) is 1. The van der Waals surface area contributed by atoms with Gasteiger partial charge < -0.3 is 15.4 Å². The Hall–Kier alpha value is -1.55. The molecule has 0 bridgehead atoms. The molecule has 4 nitrogen and oxygen atoms in total. The largest absolute Gasteiger partial charge is 0.399 e. The van der Waals surface area contributed by atoms with E-state index < -0.39 is 0 Å². The van der Waals surface area contributed by atoms with Gasteiger partial charge in [-0.2, -0.15) is 0 Å². The number of aromatic nitrogens is 2. The molecule has 2 atom stereocenters. The Kier molecular flexibility index (Phi) is 2.74. The van der Waals surface area contributed by atoms with Crippen LogP contribution in [0.2, 0.25) is 0 Å². The smallest absolute Gasteiger partial charge is 0.135 e. The molecule has 96 valence electrons. The molecule has 0 saturated heterocycles. The van der Waals surface area contributed by atoms with E-state index in [4.69, 9.17) is 5.73 Å². The van der Waals surface area contributed by atoms with Crippen LogP contribution in [0.4, 0.5) is 5.69 Å². The summed E-state index contributed by atoms with van der Waals surface area (Å²) in [6.07, 6.45) is 3.68. The number of rotatable bonds is 4. The second-order valence-electron chi connectivity index (χ2n) is 5.16. The molecule has 0 amide bonds. The molecule has 4 heteroatoms. The fraction of sp³-hybridized carbons (Fsp3) is 0.500. The maximum absolute atomic E-state index is 9.47. The maximum atomic E-state index is 9.47. The van der Waals surface area contributed by atoms with E-state index in [1.807, 2.05) is 18.2 Å². The number of hydrogen-bond donors (Lipinski definition) is 2. The average molecular weight is 245 g/mol. The highest BCUT2D eigenvalue weighted by Gasteiger charge is 2.39. The molecule has 18 heavy (non-hydrogen) atoms. The van der Waals surface area contributed by atoms with Crippen molar-refractivity contribution >= 4 is 16.7 Å². The molecule has 2 unspecified atom stereocenters. The third kappa shape index (κ3) is 1.77. The van der Waals surface area contributed by atoms with E-state index in [-0.39, 0.29) is 6.61 Å². The Morgan fingerprint density at radius 3 is 3.06 bits per heavy atom. The first-order valence-electron chi connectivity index (χ1n) is 6.61. The van der Waals surface area contributed by atoms with Crippen molar-refractivity contribution in [1.29, 1.82) is 0 Å². The van der Waals surface area contributed by atoms with Gasteiger partial charge in [0, 0.05) is 11.7 Å². The molecular weight excluding hydrogens is 226 g/mol. The number of aliphatic hydroxyl groups is 1. The van der Waals surface area contributed by atoms with Crippen molar-refractivity contribution in [2.75, 3.05) is 5.73 Å². The second-order valence-corrected chi connectivity index (χ2v) is 5.16. The summed E-state index contributed by atoms with van der Waals surface area (Å²) >= 11 is 0. The van der Waals surface area contributed by atoms with Crippen LogP contribution in [0.1, 0.15) is 38.1 Å². The van der Waals surface area contributed by atoms with Gasteiger partial charge in [0.25, 0.3) is 0 Å². The van der Waals surface area contributed by atoms with Crippen LogP contribution in [0.25, 0.3) is 11.0 Å². The monoisotopic (exact) mass is 245 g/mol. The van der Waals surface area contributed by atoms with Crippen molar-refractivity contribution in [3.8, 4) is 0 Å². The fourth-order valence-corrected chi connectivity index (χ4v) is 2.88. The van der Waals surface area contributed by atoms with Gasteiger partial charge in [-0.05, 0) is 37.0 Å². The van der Waals surface area contributed by atoms with Crippen molar-refractivity contribution in [3.05, 3.63) is 24.0 Å². The lowest BCUT2D eigenvalue weighted by atomic mass is 10.2. The van der Waals surface area contributed by atoms with Crippen molar-refractivity contribution in [2.24, 2.45) is 5.92 Å². The van der Waals surface area contributed by atoms with Gasteiger partial charge in [-0.1, -0.05) is 13.3 Å². The zero-order chi connectivity index (χ0) is 12.7. The molecular formula is C14H19N3O. The highest BCUT2D eigenvalue weighted by atomic mass is 16.3. The average Bonchev–Trinajstić information content (AvgIpc) is 3.01. The summed E-state index contributed by atoms with van der Waals surface area (Å²) in [6, 6.07) is 6.31. The number of fused-ring (bicyclic) bond motifs is 1. The van der Waals surface area contributed by atoms with Crippen LogP contribution in [0, 0.1) is 5.92 Å². The number of imidazole rings is 1. The van der Waals surface area contributed by atoms with Gasteiger partial charge >= 0.3 is 0 Å². The Labute approximate surface area is 106 Å². The van der Waals surface area contributed by atoms with E-state index in [1.165, 1.54) is 19.3 Å². The number of aliphatic hydroxyl groups excluding tert-OH is 1. The molecule has 0 aliphatic heterocycles. The highest BCUT2D eigenvalue weighted by Crippen LogP contribution is 2.48. The molecule has 1 fully saturated rings. The zero-order valence-electron chi connectivity index (χ0n) is 10.6. The van der Waals surface area contributed by atoms with Crippen LogP contribution >= 0.6 is 0 Å². The van der Waals surface area contributed by atoms with Crippen LogP contribution in [0.15, 0.2) is 18.2 Å². The Bertz CT molecular complexity index is 576. The molecule has 3 N–H and O–H groups in total. The summed E-state index contributed by atoms with van der Waals surface area (Å²) in [5.41, 5.74) is 8.48. The predicted molar refractivity (Wildman–Crippen MR) is 72.1 cm³/mol. The van der Waals surface area contributed by atoms with E-state index in [2.05, 4.69) is 16.5 Å². The molecule has 1 aliphatic carbocycles. The predicted octanol–water partition coefficient (Wildman–Crippen LogP) is 2.47. The first-order chi connectivity index (χ1) is 8.74. The van der Waals surface area contributed by atoms with Gasteiger partial charge in [0.05, 0.1) is 11.0 Å². The Morgan fingerprint density at radius 2 is 2.33 bits per heavy atom. The van der Waals surface area contributed by atoms with Crippen LogP contribution in [-0.4, -0.2) is 14.7 Å². The van der Waals surface area contributed by atoms with Crippen LogP contribution < -0.4 is 5.73 Å². The van der Waals surface area contributed by atoms with Gasteiger partial charge in [-0.25, -0.2) is 4.98 Å². The molecule has 1 heterocycles. The number of anilines is 1. The minimum absolute atomic E-state index is 0.00999. The first kappa shape index (κ1) is 11.5. The first-order valence-corrected chi connectivity index (χ1v) is 6.61. The van der Waals surface area contributed by atoms with Crippen LogP contribution in [0.5, 0.6) is 0 Å². The summed E-state index contributed by atoms with van der Waals surface area (Å²) in [6.45, 7) is 2.21. The summed E-state index contributed by atoms with van der Waals surface area (Å²) in [5, 5.41) is 9.47. The van der Waals surface area contributed by atoms with Crippen molar-refractivity contribution < 1.29 is 5.11 Å². The van der Waals surface area contributed by atoms with E-state index in [0.717, 1.165) is 28.5 Å². The number of benzene rings is 1. The van der Waals surface area contributed by atoms with Gasteiger partial charge in [0.1, 0.15) is 12.4 Å². The Balaban J connectivity index is 2.04. The molecule has 1 aliphatic rings.